The molecule has 2 N–H and O–H groups in total. The molecule has 5 heteroatoms. The molecular formula is C14H23N5. The Morgan fingerprint density at radius 2 is 2.21 bits per heavy atom. The number of rotatable bonds is 6. The minimum Gasteiger partial charge on any atom is -0.349 e. The smallest absolute Gasteiger partial charge is 0.106 e. The molecule has 2 aromatic rings. The van der Waals surface area contributed by atoms with Gasteiger partial charge >= 0.3 is 0 Å². The molecule has 2 aromatic heterocycles. The summed E-state index contributed by atoms with van der Waals surface area (Å²) in [5.41, 5.74) is 1.28. The number of aromatic nitrogens is 4. The normalized spacial score (nSPS) is 11.9. The molecule has 0 saturated heterocycles. The summed E-state index contributed by atoms with van der Waals surface area (Å²) < 4.78 is 2.01. The van der Waals surface area contributed by atoms with E-state index in [4.69, 9.17) is 0 Å². The van der Waals surface area contributed by atoms with Crippen molar-refractivity contribution in [3.05, 3.63) is 36.2 Å². The van der Waals surface area contributed by atoms with Gasteiger partial charge < -0.3 is 10.3 Å². The summed E-state index contributed by atoms with van der Waals surface area (Å²) >= 11 is 0. The van der Waals surface area contributed by atoms with E-state index >= 15 is 0 Å². The topological polar surface area (TPSA) is 58.5 Å². The summed E-state index contributed by atoms with van der Waals surface area (Å²) in [5, 5.41) is 7.82. The number of hydrogen-bond donors (Lipinski definition) is 2. The lowest BCUT2D eigenvalue weighted by atomic mass is 10.1. The van der Waals surface area contributed by atoms with Crippen LogP contribution in [0.1, 0.15) is 38.6 Å². The Bertz CT molecular complexity index is 478. The predicted octanol–water partition coefficient (Wildman–Crippen LogP) is 2.08. The average Bonchev–Trinajstić information content (AvgIpc) is 2.97. The first-order valence-corrected chi connectivity index (χ1v) is 6.79. The van der Waals surface area contributed by atoms with Gasteiger partial charge in [0.15, 0.2) is 0 Å². The van der Waals surface area contributed by atoms with Gasteiger partial charge in [-0.2, -0.15) is 5.10 Å². The summed E-state index contributed by atoms with van der Waals surface area (Å²) in [6.45, 7) is 8.32. The van der Waals surface area contributed by atoms with Crippen LogP contribution in [0, 0.1) is 0 Å². The van der Waals surface area contributed by atoms with Gasteiger partial charge in [0.1, 0.15) is 5.82 Å². The van der Waals surface area contributed by atoms with Crippen LogP contribution in [-0.4, -0.2) is 26.3 Å². The molecule has 104 valence electrons. The molecule has 0 saturated carbocycles. The Balaban J connectivity index is 1.67. The van der Waals surface area contributed by atoms with E-state index in [0.717, 1.165) is 31.8 Å². The fraction of sp³-hybridized carbons (Fsp3) is 0.571. The van der Waals surface area contributed by atoms with Gasteiger partial charge in [-0.3, -0.25) is 4.68 Å². The van der Waals surface area contributed by atoms with E-state index in [1.807, 2.05) is 17.1 Å². The van der Waals surface area contributed by atoms with E-state index in [9.17, 15) is 0 Å². The average molecular weight is 261 g/mol. The lowest BCUT2D eigenvalue weighted by molar-refractivity contribution is 0.355. The van der Waals surface area contributed by atoms with Gasteiger partial charge in [0.05, 0.1) is 11.7 Å². The number of H-pyrrole nitrogens is 1. The van der Waals surface area contributed by atoms with Crippen LogP contribution < -0.4 is 5.32 Å². The minimum absolute atomic E-state index is 0.0531. The van der Waals surface area contributed by atoms with E-state index in [2.05, 4.69) is 47.4 Å². The van der Waals surface area contributed by atoms with E-state index in [0.29, 0.717) is 0 Å². The van der Waals surface area contributed by atoms with Crippen molar-refractivity contribution >= 4 is 0 Å². The molecule has 2 heterocycles. The SMILES string of the molecule is CC(C)(C)n1cc(CNCCCc2ncc[nH]2)cn1. The van der Waals surface area contributed by atoms with Crippen LogP contribution in [0.25, 0.3) is 0 Å². The fourth-order valence-corrected chi connectivity index (χ4v) is 1.87. The Morgan fingerprint density at radius 1 is 1.37 bits per heavy atom. The zero-order valence-corrected chi connectivity index (χ0v) is 12.0. The molecule has 2 rings (SSSR count). The fourth-order valence-electron chi connectivity index (χ4n) is 1.87. The lowest BCUT2D eigenvalue weighted by Crippen LogP contribution is -2.22. The highest BCUT2D eigenvalue weighted by atomic mass is 15.3. The number of nitrogens with zero attached hydrogens (tertiary/aromatic N) is 3. The first kappa shape index (κ1) is 13.8. The Labute approximate surface area is 114 Å². The van der Waals surface area contributed by atoms with Crippen molar-refractivity contribution < 1.29 is 0 Å². The lowest BCUT2D eigenvalue weighted by Gasteiger charge is -2.18. The van der Waals surface area contributed by atoms with Crippen LogP contribution in [0.5, 0.6) is 0 Å². The molecule has 0 fully saturated rings. The Kier molecular flexibility index (Phi) is 4.37. The molecule has 0 spiro atoms. The molecule has 0 bridgehead atoms. The molecule has 5 nitrogen and oxygen atoms in total. The number of aromatic amines is 1. The number of imidazole rings is 1. The molecular weight excluding hydrogens is 238 g/mol. The highest BCUT2D eigenvalue weighted by Crippen LogP contribution is 2.12. The van der Waals surface area contributed by atoms with Crippen LogP contribution in [0.15, 0.2) is 24.8 Å². The molecule has 0 aliphatic carbocycles. The molecule has 0 aromatic carbocycles. The second kappa shape index (κ2) is 6.02. The van der Waals surface area contributed by atoms with Crippen LogP contribution >= 0.6 is 0 Å². The van der Waals surface area contributed by atoms with E-state index < -0.39 is 0 Å². The zero-order chi connectivity index (χ0) is 13.7. The van der Waals surface area contributed by atoms with Crippen molar-refractivity contribution in [3.63, 3.8) is 0 Å². The largest absolute Gasteiger partial charge is 0.349 e. The Hall–Kier alpha value is -1.62. The monoisotopic (exact) mass is 261 g/mol. The zero-order valence-electron chi connectivity index (χ0n) is 12.0. The minimum atomic E-state index is 0.0531. The quantitative estimate of drug-likeness (QED) is 0.783. The molecule has 0 atom stereocenters. The summed E-state index contributed by atoms with van der Waals surface area (Å²) in [7, 11) is 0. The second-order valence-electron chi connectivity index (χ2n) is 5.78. The van der Waals surface area contributed by atoms with Gasteiger partial charge in [0.2, 0.25) is 0 Å². The highest BCUT2D eigenvalue weighted by Gasteiger charge is 2.13. The summed E-state index contributed by atoms with van der Waals surface area (Å²) in [4.78, 5) is 7.32. The van der Waals surface area contributed by atoms with Crippen LogP contribution in [-0.2, 0) is 18.5 Å². The van der Waals surface area contributed by atoms with Crippen LogP contribution in [0.2, 0.25) is 0 Å². The first-order chi connectivity index (χ1) is 9.05. The number of aryl methyl sites for hydroxylation is 1. The predicted molar refractivity (Wildman–Crippen MR) is 75.8 cm³/mol. The summed E-state index contributed by atoms with van der Waals surface area (Å²) in [5.74, 6) is 1.06. The van der Waals surface area contributed by atoms with Gasteiger partial charge in [0.25, 0.3) is 0 Å². The third kappa shape index (κ3) is 4.21. The van der Waals surface area contributed by atoms with E-state index in [1.54, 1.807) is 6.20 Å². The second-order valence-corrected chi connectivity index (χ2v) is 5.78. The van der Waals surface area contributed by atoms with Crippen molar-refractivity contribution in [2.24, 2.45) is 0 Å². The van der Waals surface area contributed by atoms with Crippen LogP contribution in [0.4, 0.5) is 0 Å². The first-order valence-electron chi connectivity index (χ1n) is 6.79. The van der Waals surface area contributed by atoms with Gasteiger partial charge in [-0.15, -0.1) is 0 Å². The molecule has 0 amide bonds. The van der Waals surface area contributed by atoms with Gasteiger partial charge in [-0.1, -0.05) is 0 Å². The van der Waals surface area contributed by atoms with E-state index in [1.165, 1.54) is 5.56 Å². The van der Waals surface area contributed by atoms with Crippen molar-refractivity contribution in [2.45, 2.75) is 45.7 Å². The maximum Gasteiger partial charge on any atom is 0.106 e. The summed E-state index contributed by atoms with van der Waals surface area (Å²) in [6, 6.07) is 0. The number of nitrogens with one attached hydrogen (secondary N) is 2. The molecule has 0 aliphatic rings. The van der Waals surface area contributed by atoms with Crippen molar-refractivity contribution in [2.75, 3.05) is 6.54 Å². The van der Waals surface area contributed by atoms with Gasteiger partial charge in [0, 0.05) is 37.1 Å². The van der Waals surface area contributed by atoms with Crippen molar-refractivity contribution in [3.8, 4) is 0 Å². The summed E-state index contributed by atoms with van der Waals surface area (Å²) in [6.07, 6.45) is 9.78. The van der Waals surface area contributed by atoms with Gasteiger partial charge in [-0.05, 0) is 33.7 Å². The number of hydrogen-bond acceptors (Lipinski definition) is 3. The molecule has 19 heavy (non-hydrogen) atoms. The standard InChI is InChI=1S/C14H23N5/c1-14(2,3)19-11-12(10-18-19)9-15-6-4-5-13-16-7-8-17-13/h7-8,10-11,15H,4-6,9H2,1-3H3,(H,16,17). The maximum atomic E-state index is 4.39. The van der Waals surface area contributed by atoms with Crippen molar-refractivity contribution in [1.29, 1.82) is 0 Å². The van der Waals surface area contributed by atoms with Crippen molar-refractivity contribution in [1.82, 2.24) is 25.1 Å². The third-order valence-corrected chi connectivity index (χ3v) is 2.97. The van der Waals surface area contributed by atoms with Gasteiger partial charge in [-0.25, -0.2) is 4.98 Å². The maximum absolute atomic E-state index is 4.39. The molecule has 0 radical (unpaired) electrons. The Morgan fingerprint density at radius 3 is 2.84 bits per heavy atom. The highest BCUT2D eigenvalue weighted by molar-refractivity contribution is 5.04. The van der Waals surface area contributed by atoms with E-state index in [-0.39, 0.29) is 5.54 Å². The van der Waals surface area contributed by atoms with Crippen LogP contribution in [0.3, 0.4) is 0 Å². The molecule has 0 unspecified atom stereocenters. The third-order valence-electron chi connectivity index (χ3n) is 2.97. The molecule has 0 aliphatic heterocycles.